The molecule has 0 aliphatic heterocycles. The summed E-state index contributed by atoms with van der Waals surface area (Å²) in [5, 5.41) is 5.54. The predicted octanol–water partition coefficient (Wildman–Crippen LogP) is 6.18. The molecule has 2 aliphatic rings. The van der Waals surface area contributed by atoms with Crippen molar-refractivity contribution in [3.05, 3.63) is 65.6 Å². The summed E-state index contributed by atoms with van der Waals surface area (Å²) in [6, 6.07) is 7.43. The lowest BCUT2D eigenvalue weighted by Crippen LogP contribution is -2.21. The van der Waals surface area contributed by atoms with Crippen LogP contribution in [0.2, 0.25) is 0 Å². The first kappa shape index (κ1) is 24.5. The highest BCUT2D eigenvalue weighted by molar-refractivity contribution is 6.67. The van der Waals surface area contributed by atoms with E-state index in [1.807, 2.05) is 31.2 Å². The van der Waals surface area contributed by atoms with Gasteiger partial charge in [-0.1, -0.05) is 59.1 Å². The molecule has 0 bridgehead atoms. The monoisotopic (exact) mass is 520 g/mol. The van der Waals surface area contributed by atoms with Crippen molar-refractivity contribution < 1.29 is 14.3 Å². The fourth-order valence-corrected chi connectivity index (χ4v) is 3.84. The number of aryl methyl sites for hydroxylation is 1. The van der Waals surface area contributed by atoms with Crippen molar-refractivity contribution in [3.63, 3.8) is 0 Å². The van der Waals surface area contributed by atoms with E-state index in [1.54, 1.807) is 12.1 Å². The van der Waals surface area contributed by atoms with Gasteiger partial charge in [0.1, 0.15) is 18.8 Å². The van der Waals surface area contributed by atoms with Crippen molar-refractivity contribution in [1.29, 1.82) is 0 Å². The zero-order chi connectivity index (χ0) is 24.3. The summed E-state index contributed by atoms with van der Waals surface area (Å²) < 4.78 is 3.27. The maximum Gasteiger partial charge on any atom is 0.411 e. The van der Waals surface area contributed by atoms with Crippen molar-refractivity contribution in [2.75, 3.05) is 17.2 Å². The standard InChI is InChI=1S/C24H23Cl3N4O3/c1-14-5-8-18(30-23(33)34-12-24(25,26)27)10-19(14)16-3-2-4-17(9-16)20-11-21(29-13-28-20)31-22(32)15-6-7-15/h2-5,8,10-11,13,15-16H,6-7,9,12H2,1H3,(H,30,33)(H,28,29,31,32). The van der Waals surface area contributed by atoms with Crippen LogP contribution in [0.15, 0.2) is 48.8 Å². The Morgan fingerprint density at radius 2 is 1.94 bits per heavy atom. The van der Waals surface area contributed by atoms with Crippen LogP contribution in [0.25, 0.3) is 5.57 Å². The molecule has 4 rings (SSSR count). The van der Waals surface area contributed by atoms with Crippen LogP contribution in [0.5, 0.6) is 0 Å². The van der Waals surface area contributed by atoms with Crippen LogP contribution in [0.4, 0.5) is 16.3 Å². The molecule has 2 amide bonds. The minimum Gasteiger partial charge on any atom is -0.445 e. The fourth-order valence-electron chi connectivity index (χ4n) is 3.68. The summed E-state index contributed by atoms with van der Waals surface area (Å²) in [7, 11) is 0. The van der Waals surface area contributed by atoms with Crippen LogP contribution in [0, 0.1) is 12.8 Å². The Hall–Kier alpha value is -2.61. The van der Waals surface area contributed by atoms with Gasteiger partial charge in [0.2, 0.25) is 9.70 Å². The highest BCUT2D eigenvalue weighted by atomic mass is 35.6. The van der Waals surface area contributed by atoms with E-state index < -0.39 is 9.89 Å². The van der Waals surface area contributed by atoms with E-state index in [9.17, 15) is 9.59 Å². The van der Waals surface area contributed by atoms with Crippen molar-refractivity contribution >= 4 is 63.9 Å². The zero-order valence-corrected chi connectivity index (χ0v) is 20.6. The molecule has 0 radical (unpaired) electrons. The molecule has 1 atom stereocenters. The third-order valence-electron chi connectivity index (χ3n) is 5.57. The number of anilines is 2. The molecule has 1 aromatic heterocycles. The molecule has 1 fully saturated rings. The van der Waals surface area contributed by atoms with E-state index in [-0.39, 0.29) is 24.3 Å². The average Bonchev–Trinajstić information content (AvgIpc) is 3.65. The number of benzene rings is 1. The van der Waals surface area contributed by atoms with Gasteiger partial charge in [0.25, 0.3) is 0 Å². The number of carbonyl (C=O) groups excluding carboxylic acids is 2. The maximum atomic E-state index is 12.1. The third kappa shape index (κ3) is 6.72. The number of nitrogens with zero attached hydrogens (tertiary/aromatic N) is 2. The van der Waals surface area contributed by atoms with Crippen LogP contribution in [-0.4, -0.2) is 32.4 Å². The number of ether oxygens (including phenoxy) is 1. The van der Waals surface area contributed by atoms with Gasteiger partial charge in [-0.05, 0) is 55.0 Å². The number of aromatic nitrogens is 2. The smallest absolute Gasteiger partial charge is 0.411 e. The molecule has 1 saturated carbocycles. The van der Waals surface area contributed by atoms with Crippen molar-refractivity contribution in [3.8, 4) is 0 Å². The summed E-state index contributed by atoms with van der Waals surface area (Å²) >= 11 is 16.9. The Bertz CT molecular complexity index is 1160. The molecule has 1 unspecified atom stereocenters. The molecule has 178 valence electrons. The third-order valence-corrected chi connectivity index (χ3v) is 5.90. The predicted molar refractivity (Wildman–Crippen MR) is 134 cm³/mol. The van der Waals surface area contributed by atoms with Crippen LogP contribution < -0.4 is 10.6 Å². The molecule has 1 heterocycles. The van der Waals surface area contributed by atoms with E-state index in [2.05, 4.69) is 26.7 Å². The van der Waals surface area contributed by atoms with Crippen LogP contribution in [-0.2, 0) is 9.53 Å². The average molecular weight is 522 g/mol. The number of halogens is 3. The van der Waals surface area contributed by atoms with Crippen LogP contribution >= 0.6 is 34.8 Å². The minimum atomic E-state index is -1.67. The number of allylic oxidation sites excluding steroid dienone is 4. The second-order valence-electron chi connectivity index (χ2n) is 8.33. The molecule has 7 nitrogen and oxygen atoms in total. The van der Waals surface area contributed by atoms with Crippen molar-refractivity contribution in [1.82, 2.24) is 9.97 Å². The Morgan fingerprint density at radius 1 is 1.15 bits per heavy atom. The largest absolute Gasteiger partial charge is 0.445 e. The Balaban J connectivity index is 1.45. The molecular formula is C24H23Cl3N4O3. The minimum absolute atomic E-state index is 0.00680. The van der Waals surface area contributed by atoms with Gasteiger partial charge in [0.05, 0.1) is 5.69 Å². The lowest BCUT2D eigenvalue weighted by molar-refractivity contribution is -0.117. The van der Waals surface area contributed by atoms with Gasteiger partial charge in [-0.15, -0.1) is 0 Å². The number of nitrogens with one attached hydrogen (secondary N) is 2. The number of rotatable bonds is 6. The highest BCUT2D eigenvalue weighted by Crippen LogP contribution is 2.36. The Labute approximate surface area is 212 Å². The van der Waals surface area contributed by atoms with Gasteiger partial charge < -0.3 is 10.1 Å². The molecule has 0 saturated heterocycles. The van der Waals surface area contributed by atoms with Gasteiger partial charge in [0, 0.05) is 23.6 Å². The van der Waals surface area contributed by atoms with Gasteiger partial charge in [-0.25, -0.2) is 14.8 Å². The normalized spacial score (nSPS) is 17.6. The van der Waals surface area contributed by atoms with E-state index in [1.165, 1.54) is 6.33 Å². The lowest BCUT2D eigenvalue weighted by Gasteiger charge is -2.21. The topological polar surface area (TPSA) is 93.2 Å². The second-order valence-corrected chi connectivity index (χ2v) is 10.8. The lowest BCUT2D eigenvalue weighted by atomic mass is 9.85. The SMILES string of the molecule is Cc1ccc(NC(=O)OCC(Cl)(Cl)Cl)cc1C1C=CC=C(c2cc(NC(=O)C3CC3)ncn2)C1. The van der Waals surface area contributed by atoms with Crippen molar-refractivity contribution in [2.45, 2.75) is 35.9 Å². The first-order chi connectivity index (χ1) is 16.2. The molecule has 34 heavy (non-hydrogen) atoms. The molecule has 0 spiro atoms. The summed E-state index contributed by atoms with van der Waals surface area (Å²) in [5.41, 5.74) is 4.49. The summed E-state index contributed by atoms with van der Waals surface area (Å²) in [6.45, 7) is 1.66. The Morgan fingerprint density at radius 3 is 2.68 bits per heavy atom. The summed E-state index contributed by atoms with van der Waals surface area (Å²) in [6.07, 6.45) is 9.42. The summed E-state index contributed by atoms with van der Waals surface area (Å²) in [4.78, 5) is 32.7. The molecule has 2 N–H and O–H groups in total. The molecule has 2 aromatic rings. The second kappa shape index (κ2) is 10.3. The van der Waals surface area contributed by atoms with Crippen molar-refractivity contribution in [2.24, 2.45) is 5.92 Å². The first-order valence-electron chi connectivity index (χ1n) is 10.8. The molecular weight excluding hydrogens is 499 g/mol. The highest BCUT2D eigenvalue weighted by Gasteiger charge is 2.30. The Kier molecular flexibility index (Phi) is 7.45. The van der Waals surface area contributed by atoms with Crippen LogP contribution in [0.3, 0.4) is 0 Å². The van der Waals surface area contributed by atoms with Gasteiger partial charge in [-0.3, -0.25) is 10.1 Å². The first-order valence-corrected chi connectivity index (χ1v) is 11.9. The molecule has 10 heteroatoms. The molecule has 2 aliphatic carbocycles. The number of hydrogen-bond donors (Lipinski definition) is 2. The number of hydrogen-bond acceptors (Lipinski definition) is 5. The number of carbonyl (C=O) groups is 2. The van der Waals surface area contributed by atoms with E-state index in [0.717, 1.165) is 35.2 Å². The quantitative estimate of drug-likeness (QED) is 0.443. The van der Waals surface area contributed by atoms with Crippen LogP contribution in [0.1, 0.15) is 42.0 Å². The van der Waals surface area contributed by atoms with E-state index >= 15 is 0 Å². The van der Waals surface area contributed by atoms with E-state index in [4.69, 9.17) is 39.5 Å². The number of alkyl halides is 3. The van der Waals surface area contributed by atoms with E-state index in [0.29, 0.717) is 17.9 Å². The molecule has 1 aromatic carbocycles. The summed E-state index contributed by atoms with van der Waals surface area (Å²) in [5.74, 6) is 0.679. The maximum absolute atomic E-state index is 12.1. The fraction of sp³-hybridized carbons (Fsp3) is 0.333. The number of amides is 2. The van der Waals surface area contributed by atoms with Gasteiger partial charge in [0.15, 0.2) is 0 Å². The zero-order valence-electron chi connectivity index (χ0n) is 18.4. The van der Waals surface area contributed by atoms with Gasteiger partial charge in [-0.2, -0.15) is 0 Å². The van der Waals surface area contributed by atoms with Gasteiger partial charge >= 0.3 is 6.09 Å².